The van der Waals surface area contributed by atoms with Gasteiger partial charge in [-0.2, -0.15) is 0 Å². The molecule has 1 aliphatic rings. The number of phenols is 1. The average Bonchev–Trinajstić information content (AvgIpc) is 2.40. The van der Waals surface area contributed by atoms with E-state index in [4.69, 9.17) is 5.73 Å². The monoisotopic (exact) mass is 254 g/mol. The Bertz CT molecular complexity index is 609. The summed E-state index contributed by atoms with van der Waals surface area (Å²) in [7, 11) is 2.09. The standard InChI is InChI=1S/C16H18N2O/c1-18-9-13(12-5-2-3-8-16(12)19)11-6-4-7-15(17)14(11)10-18/h2-8,13,19H,9-10,17H2,1H3. The van der Waals surface area contributed by atoms with E-state index in [9.17, 15) is 5.11 Å². The molecule has 3 nitrogen and oxygen atoms in total. The van der Waals surface area contributed by atoms with E-state index in [0.717, 1.165) is 24.3 Å². The van der Waals surface area contributed by atoms with Crippen LogP contribution in [0.3, 0.4) is 0 Å². The topological polar surface area (TPSA) is 49.5 Å². The molecule has 0 saturated heterocycles. The molecular formula is C16H18N2O. The van der Waals surface area contributed by atoms with Crippen molar-refractivity contribution >= 4 is 5.69 Å². The maximum atomic E-state index is 10.1. The highest BCUT2D eigenvalue weighted by Crippen LogP contribution is 2.38. The number of para-hydroxylation sites is 1. The molecule has 0 aliphatic carbocycles. The Hall–Kier alpha value is -2.00. The quantitative estimate of drug-likeness (QED) is 0.769. The third-order valence-electron chi connectivity index (χ3n) is 3.86. The van der Waals surface area contributed by atoms with Crippen molar-refractivity contribution in [3.8, 4) is 5.75 Å². The van der Waals surface area contributed by atoms with Gasteiger partial charge in [-0.25, -0.2) is 0 Å². The number of nitrogen functional groups attached to an aromatic ring is 1. The first kappa shape index (κ1) is 12.1. The Morgan fingerprint density at radius 3 is 2.63 bits per heavy atom. The SMILES string of the molecule is CN1Cc2c(N)cccc2C(c2ccccc2O)C1. The number of hydrogen-bond acceptors (Lipinski definition) is 3. The Morgan fingerprint density at radius 2 is 1.84 bits per heavy atom. The van der Waals surface area contributed by atoms with Crippen LogP contribution in [0.4, 0.5) is 5.69 Å². The van der Waals surface area contributed by atoms with E-state index in [1.807, 2.05) is 30.3 Å². The summed E-state index contributed by atoms with van der Waals surface area (Å²) in [4.78, 5) is 2.25. The summed E-state index contributed by atoms with van der Waals surface area (Å²) in [6.07, 6.45) is 0. The second-order valence-electron chi connectivity index (χ2n) is 5.22. The van der Waals surface area contributed by atoms with Gasteiger partial charge in [0.15, 0.2) is 0 Å². The lowest BCUT2D eigenvalue weighted by Gasteiger charge is -2.33. The molecule has 1 atom stereocenters. The fourth-order valence-corrected chi connectivity index (χ4v) is 2.92. The number of benzene rings is 2. The van der Waals surface area contributed by atoms with Crippen LogP contribution in [0.5, 0.6) is 5.75 Å². The summed E-state index contributed by atoms with van der Waals surface area (Å²) < 4.78 is 0. The molecule has 0 amide bonds. The van der Waals surface area contributed by atoms with Gasteiger partial charge in [0.25, 0.3) is 0 Å². The predicted octanol–water partition coefficient (Wildman–Crippen LogP) is 2.55. The minimum Gasteiger partial charge on any atom is -0.508 e. The van der Waals surface area contributed by atoms with Gasteiger partial charge in [0.05, 0.1) is 0 Å². The largest absolute Gasteiger partial charge is 0.508 e. The van der Waals surface area contributed by atoms with E-state index in [1.54, 1.807) is 6.07 Å². The number of phenolic OH excluding ortho intramolecular Hbond substituents is 1. The second-order valence-corrected chi connectivity index (χ2v) is 5.22. The number of likely N-dealkylation sites (N-methyl/N-ethyl adjacent to an activating group) is 1. The molecule has 0 saturated carbocycles. The molecule has 98 valence electrons. The van der Waals surface area contributed by atoms with Gasteiger partial charge in [-0.1, -0.05) is 30.3 Å². The van der Waals surface area contributed by atoms with E-state index in [-0.39, 0.29) is 5.92 Å². The van der Waals surface area contributed by atoms with Crippen molar-refractivity contribution in [2.24, 2.45) is 0 Å². The number of rotatable bonds is 1. The van der Waals surface area contributed by atoms with Crippen molar-refractivity contribution in [2.45, 2.75) is 12.5 Å². The summed E-state index contributed by atoms with van der Waals surface area (Å²) in [5.74, 6) is 0.537. The Morgan fingerprint density at radius 1 is 1.11 bits per heavy atom. The van der Waals surface area contributed by atoms with Gasteiger partial charge < -0.3 is 15.7 Å². The lowest BCUT2D eigenvalue weighted by atomic mass is 9.84. The number of anilines is 1. The lowest BCUT2D eigenvalue weighted by molar-refractivity contribution is 0.293. The van der Waals surface area contributed by atoms with Crippen LogP contribution >= 0.6 is 0 Å². The van der Waals surface area contributed by atoms with Gasteiger partial charge in [-0.3, -0.25) is 0 Å². The summed E-state index contributed by atoms with van der Waals surface area (Å²) in [5, 5.41) is 10.1. The van der Waals surface area contributed by atoms with E-state index in [1.165, 1.54) is 11.1 Å². The van der Waals surface area contributed by atoms with Crippen LogP contribution in [-0.4, -0.2) is 23.6 Å². The number of nitrogens with zero attached hydrogens (tertiary/aromatic N) is 1. The minimum atomic E-state index is 0.179. The van der Waals surface area contributed by atoms with Crippen molar-refractivity contribution in [3.05, 3.63) is 59.2 Å². The first-order valence-electron chi connectivity index (χ1n) is 6.50. The first-order chi connectivity index (χ1) is 9.16. The second kappa shape index (κ2) is 4.59. The molecule has 0 radical (unpaired) electrons. The summed E-state index contributed by atoms with van der Waals surface area (Å²) in [6, 6.07) is 13.6. The summed E-state index contributed by atoms with van der Waals surface area (Å²) >= 11 is 0. The summed E-state index contributed by atoms with van der Waals surface area (Å²) in [6.45, 7) is 1.76. The van der Waals surface area contributed by atoms with Gasteiger partial charge in [0.1, 0.15) is 5.75 Å². The normalized spacial score (nSPS) is 19.1. The highest BCUT2D eigenvalue weighted by molar-refractivity contribution is 5.56. The number of nitrogens with two attached hydrogens (primary N) is 1. The van der Waals surface area contributed by atoms with Gasteiger partial charge in [-0.05, 0) is 30.3 Å². The molecule has 1 aliphatic heterocycles. The minimum absolute atomic E-state index is 0.179. The van der Waals surface area contributed by atoms with Gasteiger partial charge in [0.2, 0.25) is 0 Å². The zero-order valence-corrected chi connectivity index (χ0v) is 11.0. The number of fused-ring (bicyclic) bond motifs is 1. The maximum Gasteiger partial charge on any atom is 0.119 e. The molecule has 1 unspecified atom stereocenters. The first-order valence-corrected chi connectivity index (χ1v) is 6.50. The van der Waals surface area contributed by atoms with Crippen LogP contribution in [0.15, 0.2) is 42.5 Å². The van der Waals surface area contributed by atoms with Crippen LogP contribution in [0.25, 0.3) is 0 Å². The van der Waals surface area contributed by atoms with Crippen molar-refractivity contribution in [1.29, 1.82) is 0 Å². The molecule has 19 heavy (non-hydrogen) atoms. The fourth-order valence-electron chi connectivity index (χ4n) is 2.92. The van der Waals surface area contributed by atoms with Crippen LogP contribution < -0.4 is 5.73 Å². The molecule has 0 bridgehead atoms. The van der Waals surface area contributed by atoms with Crippen molar-refractivity contribution in [1.82, 2.24) is 4.90 Å². The molecule has 3 N–H and O–H groups in total. The zero-order chi connectivity index (χ0) is 13.4. The number of aromatic hydroxyl groups is 1. The van der Waals surface area contributed by atoms with Crippen molar-refractivity contribution in [3.63, 3.8) is 0 Å². The van der Waals surface area contributed by atoms with Crippen LogP contribution in [0.2, 0.25) is 0 Å². The predicted molar refractivity (Wildman–Crippen MR) is 77.1 cm³/mol. The van der Waals surface area contributed by atoms with Crippen molar-refractivity contribution in [2.75, 3.05) is 19.3 Å². The molecule has 2 aromatic rings. The fraction of sp³-hybridized carbons (Fsp3) is 0.250. The van der Waals surface area contributed by atoms with E-state index in [0.29, 0.717) is 5.75 Å². The Kier molecular flexibility index (Phi) is 2.91. The Balaban J connectivity index is 2.14. The lowest BCUT2D eigenvalue weighted by Crippen LogP contribution is -2.31. The molecule has 0 spiro atoms. The van der Waals surface area contributed by atoms with E-state index in [2.05, 4.69) is 18.0 Å². The highest BCUT2D eigenvalue weighted by atomic mass is 16.3. The molecule has 2 aromatic carbocycles. The van der Waals surface area contributed by atoms with E-state index < -0.39 is 0 Å². The zero-order valence-electron chi connectivity index (χ0n) is 11.0. The van der Waals surface area contributed by atoms with E-state index >= 15 is 0 Å². The maximum absolute atomic E-state index is 10.1. The third kappa shape index (κ3) is 2.06. The molecular weight excluding hydrogens is 236 g/mol. The van der Waals surface area contributed by atoms with Gasteiger partial charge >= 0.3 is 0 Å². The van der Waals surface area contributed by atoms with Gasteiger partial charge in [-0.15, -0.1) is 0 Å². The third-order valence-corrected chi connectivity index (χ3v) is 3.86. The summed E-state index contributed by atoms with van der Waals surface area (Å²) in [5.41, 5.74) is 10.3. The smallest absolute Gasteiger partial charge is 0.119 e. The van der Waals surface area contributed by atoms with Gasteiger partial charge in [0, 0.05) is 30.3 Å². The van der Waals surface area contributed by atoms with Crippen LogP contribution in [-0.2, 0) is 6.54 Å². The van der Waals surface area contributed by atoms with Crippen molar-refractivity contribution < 1.29 is 5.11 Å². The molecule has 3 rings (SSSR count). The molecule has 0 fully saturated rings. The molecule has 0 aromatic heterocycles. The molecule has 1 heterocycles. The van der Waals surface area contributed by atoms with Crippen LogP contribution in [0.1, 0.15) is 22.6 Å². The average molecular weight is 254 g/mol. The van der Waals surface area contributed by atoms with Crippen LogP contribution in [0, 0.1) is 0 Å². The number of hydrogen-bond donors (Lipinski definition) is 2. The Labute approximate surface area is 113 Å². The highest BCUT2D eigenvalue weighted by Gasteiger charge is 2.27. The molecule has 3 heteroatoms.